The van der Waals surface area contributed by atoms with Crippen LogP contribution in [0, 0.1) is 11.8 Å². The van der Waals surface area contributed by atoms with Gasteiger partial charge in [-0.05, 0) is 68.2 Å². The Labute approximate surface area is 231 Å². The van der Waals surface area contributed by atoms with E-state index in [0.717, 1.165) is 70.0 Å². The lowest BCUT2D eigenvalue weighted by atomic mass is 9.94. The van der Waals surface area contributed by atoms with Crippen LogP contribution in [0.4, 0.5) is 0 Å². The molecule has 4 rings (SSSR count). The smallest absolute Gasteiger partial charge is 0.255 e. The Kier molecular flexibility index (Phi) is 10.1. The van der Waals surface area contributed by atoms with Gasteiger partial charge in [0.15, 0.2) is 0 Å². The summed E-state index contributed by atoms with van der Waals surface area (Å²) in [4.78, 5) is 30.4. The number of halogens is 2. The van der Waals surface area contributed by atoms with Gasteiger partial charge in [-0.25, -0.2) is 0 Å². The van der Waals surface area contributed by atoms with Crippen molar-refractivity contribution < 1.29 is 9.59 Å². The number of hydrogen-bond donors (Lipinski definition) is 0. The maximum atomic E-state index is 13.8. The molecule has 0 radical (unpaired) electrons. The van der Waals surface area contributed by atoms with E-state index in [2.05, 4.69) is 25.1 Å². The van der Waals surface area contributed by atoms with Crippen LogP contribution in [-0.2, 0) is 4.79 Å². The first-order chi connectivity index (χ1) is 17.9. The molecule has 0 aromatic heterocycles. The van der Waals surface area contributed by atoms with Crippen molar-refractivity contribution in [2.24, 2.45) is 11.8 Å². The number of amides is 2. The average molecular weight is 542 g/mol. The largest absolute Gasteiger partial charge is 0.342 e. The summed E-state index contributed by atoms with van der Waals surface area (Å²) in [7, 11) is 0. The highest BCUT2D eigenvalue weighted by molar-refractivity contribution is 6.36. The molecule has 198 valence electrons. The highest BCUT2D eigenvalue weighted by atomic mass is 35.5. The van der Waals surface area contributed by atoms with Crippen molar-refractivity contribution in [3.8, 4) is 0 Å². The van der Waals surface area contributed by atoms with E-state index in [0.29, 0.717) is 40.5 Å². The molecule has 0 unspecified atom stereocenters. The van der Waals surface area contributed by atoms with E-state index in [1.807, 2.05) is 28.0 Å². The number of benzene rings is 2. The monoisotopic (exact) mass is 540 g/mol. The lowest BCUT2D eigenvalue weighted by Crippen LogP contribution is -2.44. The number of nitrogens with zero attached hydrogens (tertiary/aromatic N) is 2. The Balaban J connectivity index is 1.53. The molecular formula is C31H38Cl2N2O2. The maximum Gasteiger partial charge on any atom is 0.255 e. The fourth-order valence-corrected chi connectivity index (χ4v) is 5.61. The number of piperidine rings is 1. The second-order valence-electron chi connectivity index (χ2n) is 10.5. The summed E-state index contributed by atoms with van der Waals surface area (Å²) in [6, 6.07) is 15.4. The second-order valence-corrected chi connectivity index (χ2v) is 11.4. The van der Waals surface area contributed by atoms with Gasteiger partial charge < -0.3 is 9.80 Å². The highest BCUT2D eigenvalue weighted by Gasteiger charge is 2.35. The third-order valence-corrected chi connectivity index (χ3v) is 7.99. The molecule has 1 heterocycles. The molecule has 2 aliphatic rings. The molecular weight excluding hydrogens is 503 g/mol. The number of likely N-dealkylation sites (tertiary alicyclic amines) is 1. The van der Waals surface area contributed by atoms with Crippen molar-refractivity contribution in [3.63, 3.8) is 0 Å². The van der Waals surface area contributed by atoms with E-state index in [-0.39, 0.29) is 11.8 Å². The van der Waals surface area contributed by atoms with Crippen molar-refractivity contribution in [3.05, 3.63) is 75.3 Å². The van der Waals surface area contributed by atoms with Crippen molar-refractivity contribution in [1.82, 2.24) is 9.80 Å². The predicted molar refractivity (Wildman–Crippen MR) is 153 cm³/mol. The van der Waals surface area contributed by atoms with Gasteiger partial charge in [-0.3, -0.25) is 9.59 Å². The highest BCUT2D eigenvalue weighted by Crippen LogP contribution is 2.33. The summed E-state index contributed by atoms with van der Waals surface area (Å²) < 4.78 is 0. The maximum absolute atomic E-state index is 13.8. The van der Waals surface area contributed by atoms with Crippen LogP contribution in [0.1, 0.15) is 74.2 Å². The van der Waals surface area contributed by atoms with Gasteiger partial charge in [0.25, 0.3) is 5.91 Å². The van der Waals surface area contributed by atoms with E-state index >= 15 is 0 Å². The standard InChI is InChI=1S/C31H38Cl2N2O2/c1-2-3-5-10-25(19-23-8-6-4-7-9-23)22-35(31(37)28-14-13-27(32)20-29(28)33)21-24-15-17-34(18-16-24)30(36)26-11-12-26/h4,6-9,13-14,19-20,24,26H,2-3,5,10-12,15-18,21-22H2,1H3. The van der Waals surface area contributed by atoms with E-state index in [4.69, 9.17) is 23.2 Å². The van der Waals surface area contributed by atoms with Gasteiger partial charge >= 0.3 is 0 Å². The first-order valence-corrected chi connectivity index (χ1v) is 14.5. The molecule has 2 fully saturated rings. The third kappa shape index (κ3) is 8.09. The van der Waals surface area contributed by atoms with Crippen LogP contribution in [0.15, 0.2) is 54.1 Å². The quantitative estimate of drug-likeness (QED) is 0.273. The molecule has 0 bridgehead atoms. The number of rotatable bonds is 11. The van der Waals surface area contributed by atoms with Crippen molar-refractivity contribution in [1.29, 1.82) is 0 Å². The van der Waals surface area contributed by atoms with Crippen molar-refractivity contribution in [2.75, 3.05) is 26.2 Å². The second kappa shape index (κ2) is 13.5. The fraction of sp³-hybridized carbons (Fsp3) is 0.484. The van der Waals surface area contributed by atoms with E-state index in [1.165, 1.54) is 5.57 Å². The summed E-state index contributed by atoms with van der Waals surface area (Å²) in [5.74, 6) is 0.873. The van der Waals surface area contributed by atoms with Crippen LogP contribution in [0.25, 0.3) is 6.08 Å². The molecule has 1 aliphatic heterocycles. The van der Waals surface area contributed by atoms with Crippen LogP contribution in [0.2, 0.25) is 10.0 Å². The van der Waals surface area contributed by atoms with Crippen molar-refractivity contribution in [2.45, 2.75) is 58.3 Å². The molecule has 2 amide bonds. The number of carbonyl (C=O) groups is 2. The van der Waals surface area contributed by atoms with Gasteiger partial charge in [0, 0.05) is 37.1 Å². The molecule has 6 heteroatoms. The molecule has 1 saturated heterocycles. The van der Waals surface area contributed by atoms with Gasteiger partial charge in [-0.15, -0.1) is 0 Å². The zero-order chi connectivity index (χ0) is 26.2. The van der Waals surface area contributed by atoms with Gasteiger partial charge in [0.2, 0.25) is 5.91 Å². The molecule has 2 aromatic carbocycles. The Bertz CT molecular complexity index is 1090. The van der Waals surface area contributed by atoms with E-state index < -0.39 is 0 Å². The minimum atomic E-state index is -0.0624. The molecule has 4 nitrogen and oxygen atoms in total. The van der Waals surface area contributed by atoms with Gasteiger partial charge in [0.1, 0.15) is 0 Å². The Hall–Kier alpha value is -2.30. The van der Waals surface area contributed by atoms with Crippen LogP contribution in [0.3, 0.4) is 0 Å². The molecule has 2 aromatic rings. The zero-order valence-electron chi connectivity index (χ0n) is 21.8. The van der Waals surface area contributed by atoms with Gasteiger partial charge in [-0.2, -0.15) is 0 Å². The lowest BCUT2D eigenvalue weighted by Gasteiger charge is -2.35. The van der Waals surface area contributed by atoms with E-state index in [9.17, 15) is 9.59 Å². The Morgan fingerprint density at radius 1 is 1.00 bits per heavy atom. The fourth-order valence-electron chi connectivity index (χ4n) is 5.12. The number of hydrogen-bond acceptors (Lipinski definition) is 2. The average Bonchev–Trinajstić information content (AvgIpc) is 3.74. The minimum absolute atomic E-state index is 0.0624. The topological polar surface area (TPSA) is 40.6 Å². The Morgan fingerprint density at radius 2 is 1.73 bits per heavy atom. The lowest BCUT2D eigenvalue weighted by molar-refractivity contribution is -0.134. The van der Waals surface area contributed by atoms with Crippen LogP contribution < -0.4 is 0 Å². The summed E-state index contributed by atoms with van der Waals surface area (Å²) in [5.41, 5.74) is 2.89. The number of carbonyl (C=O) groups excluding carboxylic acids is 2. The molecule has 0 spiro atoms. The zero-order valence-corrected chi connectivity index (χ0v) is 23.3. The number of unbranched alkanes of at least 4 members (excludes halogenated alkanes) is 2. The SMILES string of the molecule is CCCCCC(=Cc1ccccc1)CN(CC1CCN(C(=O)C2CC2)CC1)C(=O)c1ccc(Cl)cc1Cl. The molecule has 1 saturated carbocycles. The predicted octanol–water partition coefficient (Wildman–Crippen LogP) is 7.75. The Morgan fingerprint density at radius 3 is 2.38 bits per heavy atom. The summed E-state index contributed by atoms with van der Waals surface area (Å²) >= 11 is 12.6. The molecule has 37 heavy (non-hydrogen) atoms. The summed E-state index contributed by atoms with van der Waals surface area (Å²) in [6.07, 6.45) is 10.5. The summed E-state index contributed by atoms with van der Waals surface area (Å²) in [6.45, 7) is 5.00. The normalized spacial score (nSPS) is 16.6. The summed E-state index contributed by atoms with van der Waals surface area (Å²) in [5, 5.41) is 0.900. The van der Waals surface area contributed by atoms with Crippen LogP contribution >= 0.6 is 23.2 Å². The van der Waals surface area contributed by atoms with E-state index in [1.54, 1.807) is 18.2 Å². The minimum Gasteiger partial charge on any atom is -0.342 e. The van der Waals surface area contributed by atoms with Crippen LogP contribution in [-0.4, -0.2) is 47.8 Å². The van der Waals surface area contributed by atoms with Crippen molar-refractivity contribution >= 4 is 41.1 Å². The first-order valence-electron chi connectivity index (χ1n) is 13.7. The van der Waals surface area contributed by atoms with Gasteiger partial charge in [0.05, 0.1) is 10.6 Å². The van der Waals surface area contributed by atoms with Crippen LogP contribution in [0.5, 0.6) is 0 Å². The molecule has 0 atom stereocenters. The molecule has 1 aliphatic carbocycles. The first kappa shape index (κ1) is 27.7. The third-order valence-electron chi connectivity index (χ3n) is 7.45. The molecule has 0 N–H and O–H groups in total. The van der Waals surface area contributed by atoms with Gasteiger partial charge in [-0.1, -0.05) is 84.9 Å².